The van der Waals surface area contributed by atoms with E-state index in [1.54, 1.807) is 0 Å². The molecular formula is C20H15Br. The Kier molecular flexibility index (Phi) is 4.32. The van der Waals surface area contributed by atoms with E-state index in [1.807, 2.05) is 12.1 Å². The molecule has 0 aliphatic rings. The van der Waals surface area contributed by atoms with Crippen molar-refractivity contribution in [2.24, 2.45) is 0 Å². The fourth-order valence-electron chi connectivity index (χ4n) is 2.29. The molecule has 0 atom stereocenters. The maximum atomic E-state index is 3.48. The van der Waals surface area contributed by atoms with Crippen molar-refractivity contribution in [3.05, 3.63) is 106 Å². The molecule has 3 aromatic carbocycles. The molecule has 0 spiro atoms. The van der Waals surface area contributed by atoms with Gasteiger partial charge in [0.15, 0.2) is 0 Å². The van der Waals surface area contributed by atoms with Crippen molar-refractivity contribution in [1.82, 2.24) is 0 Å². The van der Waals surface area contributed by atoms with E-state index in [9.17, 15) is 0 Å². The van der Waals surface area contributed by atoms with E-state index in [0.717, 1.165) is 4.47 Å². The molecule has 0 bridgehead atoms. The highest BCUT2D eigenvalue weighted by Gasteiger charge is 2.04. The summed E-state index contributed by atoms with van der Waals surface area (Å²) in [6, 6.07) is 29.4. The van der Waals surface area contributed by atoms with Gasteiger partial charge in [0.25, 0.3) is 0 Å². The monoisotopic (exact) mass is 334 g/mol. The maximum Gasteiger partial charge on any atom is 0.0175 e. The quantitative estimate of drug-likeness (QED) is 0.512. The summed E-state index contributed by atoms with van der Waals surface area (Å²) in [6.45, 7) is 0. The third kappa shape index (κ3) is 3.50. The van der Waals surface area contributed by atoms with E-state index in [1.165, 1.54) is 22.3 Å². The summed E-state index contributed by atoms with van der Waals surface area (Å²) in [7, 11) is 0. The zero-order valence-corrected chi connectivity index (χ0v) is 13.1. The van der Waals surface area contributed by atoms with E-state index in [-0.39, 0.29) is 0 Å². The summed E-state index contributed by atoms with van der Waals surface area (Å²) in [5.41, 5.74) is 4.89. The first-order valence-corrected chi connectivity index (χ1v) is 7.70. The Morgan fingerprint density at radius 2 is 1.10 bits per heavy atom. The second-order valence-corrected chi connectivity index (χ2v) is 5.76. The lowest BCUT2D eigenvalue weighted by atomic mass is 9.96. The Labute approximate surface area is 133 Å². The molecule has 0 amide bonds. The zero-order valence-electron chi connectivity index (χ0n) is 11.5. The van der Waals surface area contributed by atoms with Crippen molar-refractivity contribution in [2.75, 3.05) is 0 Å². The van der Waals surface area contributed by atoms with E-state index in [2.05, 4.69) is 94.8 Å². The molecule has 0 aromatic heterocycles. The Balaban J connectivity index is 2.10. The highest BCUT2D eigenvalue weighted by atomic mass is 79.9. The lowest BCUT2D eigenvalue weighted by Crippen LogP contribution is -1.87. The van der Waals surface area contributed by atoms with Crippen LogP contribution in [0, 0.1) is 0 Å². The van der Waals surface area contributed by atoms with Gasteiger partial charge >= 0.3 is 0 Å². The molecule has 0 nitrogen and oxygen atoms in total. The van der Waals surface area contributed by atoms with Gasteiger partial charge in [0.2, 0.25) is 0 Å². The van der Waals surface area contributed by atoms with E-state index in [4.69, 9.17) is 0 Å². The predicted molar refractivity (Wildman–Crippen MR) is 94.0 cm³/mol. The van der Waals surface area contributed by atoms with Crippen LogP contribution < -0.4 is 0 Å². The van der Waals surface area contributed by atoms with Gasteiger partial charge in [0, 0.05) is 4.47 Å². The van der Waals surface area contributed by atoms with Crippen LogP contribution in [0.25, 0.3) is 11.6 Å². The topological polar surface area (TPSA) is 0 Å². The molecule has 0 aliphatic carbocycles. The minimum absolute atomic E-state index is 1.10. The van der Waals surface area contributed by atoms with Crippen molar-refractivity contribution < 1.29 is 0 Å². The molecule has 3 rings (SSSR count). The zero-order chi connectivity index (χ0) is 14.5. The fourth-order valence-corrected chi connectivity index (χ4v) is 2.56. The smallest absolute Gasteiger partial charge is 0.0175 e. The highest BCUT2D eigenvalue weighted by molar-refractivity contribution is 9.10. The van der Waals surface area contributed by atoms with Gasteiger partial charge in [-0.15, -0.1) is 0 Å². The first kappa shape index (κ1) is 13.8. The van der Waals surface area contributed by atoms with Crippen LogP contribution in [0.3, 0.4) is 0 Å². The van der Waals surface area contributed by atoms with Gasteiger partial charge in [-0.1, -0.05) is 88.7 Å². The fraction of sp³-hybridized carbons (Fsp3) is 0. The molecule has 0 unspecified atom stereocenters. The van der Waals surface area contributed by atoms with Crippen LogP contribution in [-0.2, 0) is 0 Å². The van der Waals surface area contributed by atoms with Gasteiger partial charge in [-0.3, -0.25) is 0 Å². The molecule has 0 N–H and O–H groups in total. The molecule has 102 valence electrons. The summed E-state index contributed by atoms with van der Waals surface area (Å²) >= 11 is 3.48. The normalized spacial score (nSPS) is 10.1. The average molecular weight is 335 g/mol. The van der Waals surface area contributed by atoms with Crippen molar-refractivity contribution in [1.29, 1.82) is 0 Å². The standard InChI is InChI=1S/C20H15Br/c21-19-13-11-16(12-14-19)15-20(17-7-3-1-4-8-17)18-9-5-2-6-10-18/h1-15H. The Bertz CT molecular complexity index is 684. The molecule has 1 heteroatoms. The largest absolute Gasteiger partial charge is 0.0622 e. The van der Waals surface area contributed by atoms with Crippen LogP contribution >= 0.6 is 15.9 Å². The third-order valence-corrected chi connectivity index (χ3v) is 3.88. The lowest BCUT2D eigenvalue weighted by Gasteiger charge is -2.09. The summed E-state index contributed by atoms with van der Waals surface area (Å²) in [6.07, 6.45) is 2.23. The van der Waals surface area contributed by atoms with Crippen LogP contribution in [0.5, 0.6) is 0 Å². The number of halogens is 1. The van der Waals surface area contributed by atoms with Crippen molar-refractivity contribution in [3.8, 4) is 0 Å². The molecule has 0 heterocycles. The van der Waals surface area contributed by atoms with Crippen molar-refractivity contribution >= 4 is 27.6 Å². The number of benzene rings is 3. The molecule has 0 aliphatic heterocycles. The minimum Gasteiger partial charge on any atom is -0.0622 e. The Morgan fingerprint density at radius 3 is 1.57 bits per heavy atom. The van der Waals surface area contributed by atoms with Crippen LogP contribution in [0.1, 0.15) is 16.7 Å². The molecule has 0 radical (unpaired) electrons. The average Bonchev–Trinajstić information content (AvgIpc) is 2.56. The van der Waals surface area contributed by atoms with Crippen molar-refractivity contribution in [2.45, 2.75) is 0 Å². The van der Waals surface area contributed by atoms with Crippen LogP contribution in [0.2, 0.25) is 0 Å². The van der Waals surface area contributed by atoms with Gasteiger partial charge in [0.1, 0.15) is 0 Å². The Hall–Kier alpha value is -2.12. The maximum absolute atomic E-state index is 3.48. The van der Waals surface area contributed by atoms with Gasteiger partial charge in [-0.25, -0.2) is 0 Å². The van der Waals surface area contributed by atoms with Gasteiger partial charge in [0.05, 0.1) is 0 Å². The van der Waals surface area contributed by atoms with Crippen LogP contribution in [0.4, 0.5) is 0 Å². The van der Waals surface area contributed by atoms with Gasteiger partial charge in [-0.2, -0.15) is 0 Å². The predicted octanol–water partition coefficient (Wildman–Crippen LogP) is 6.04. The number of rotatable bonds is 3. The summed E-state index contributed by atoms with van der Waals surface area (Å²) in [5.74, 6) is 0. The third-order valence-electron chi connectivity index (χ3n) is 3.35. The first-order valence-electron chi connectivity index (χ1n) is 6.91. The summed E-state index contributed by atoms with van der Waals surface area (Å²) in [4.78, 5) is 0. The number of hydrogen-bond acceptors (Lipinski definition) is 0. The summed E-state index contributed by atoms with van der Waals surface area (Å²) < 4.78 is 1.10. The van der Waals surface area contributed by atoms with E-state index < -0.39 is 0 Å². The van der Waals surface area contributed by atoms with E-state index >= 15 is 0 Å². The molecular weight excluding hydrogens is 320 g/mol. The molecule has 21 heavy (non-hydrogen) atoms. The SMILES string of the molecule is Brc1ccc(C=C(c2ccccc2)c2ccccc2)cc1. The molecule has 0 fully saturated rings. The van der Waals surface area contributed by atoms with Crippen molar-refractivity contribution in [3.63, 3.8) is 0 Å². The second kappa shape index (κ2) is 6.55. The first-order chi connectivity index (χ1) is 10.3. The molecule has 0 saturated heterocycles. The highest BCUT2D eigenvalue weighted by Crippen LogP contribution is 2.26. The summed E-state index contributed by atoms with van der Waals surface area (Å²) in [5, 5.41) is 0. The molecule has 0 saturated carbocycles. The van der Waals surface area contributed by atoms with Gasteiger partial charge < -0.3 is 0 Å². The molecule has 3 aromatic rings. The second-order valence-electron chi connectivity index (χ2n) is 4.84. The van der Waals surface area contributed by atoms with Crippen LogP contribution in [0.15, 0.2) is 89.4 Å². The number of hydrogen-bond donors (Lipinski definition) is 0. The van der Waals surface area contributed by atoms with Gasteiger partial charge in [-0.05, 0) is 40.5 Å². The minimum atomic E-state index is 1.10. The Morgan fingerprint density at radius 1 is 0.619 bits per heavy atom. The van der Waals surface area contributed by atoms with E-state index in [0.29, 0.717) is 0 Å². The van der Waals surface area contributed by atoms with Crippen LogP contribution in [-0.4, -0.2) is 0 Å². The lowest BCUT2D eigenvalue weighted by molar-refractivity contribution is 1.55.